The fourth-order valence-corrected chi connectivity index (χ4v) is 8.06. The number of nitrogens with zero attached hydrogens (tertiary/aromatic N) is 2. The molecule has 4 amide bonds. The highest BCUT2D eigenvalue weighted by molar-refractivity contribution is 6.24. The van der Waals surface area contributed by atoms with Gasteiger partial charge in [-0.25, -0.2) is 0 Å². The molecule has 0 bridgehead atoms. The number of phenolic OH excluding ortho intramolecular Hbond substituents is 1. The van der Waals surface area contributed by atoms with Crippen LogP contribution in [0.1, 0.15) is 53.0 Å². The molecule has 1 N–H and O–H groups in total. The van der Waals surface area contributed by atoms with Gasteiger partial charge in [0.15, 0.2) is 23.1 Å². The third-order valence-electron chi connectivity index (χ3n) is 10.5. The molecule has 2 aliphatic carbocycles. The molecule has 10 nitrogen and oxygen atoms in total. The van der Waals surface area contributed by atoms with Crippen LogP contribution in [0.4, 0.5) is 11.4 Å². The van der Waals surface area contributed by atoms with Crippen molar-refractivity contribution in [3.63, 3.8) is 0 Å². The van der Waals surface area contributed by atoms with Gasteiger partial charge in [0.05, 0.1) is 42.2 Å². The smallest absolute Gasteiger partial charge is 0.238 e. The van der Waals surface area contributed by atoms with E-state index in [0.29, 0.717) is 34.5 Å². The number of ketones is 2. The molecule has 3 aromatic carbocycles. The Morgan fingerprint density at radius 2 is 1.29 bits per heavy atom. The van der Waals surface area contributed by atoms with Crippen molar-refractivity contribution in [3.05, 3.63) is 101 Å². The summed E-state index contributed by atoms with van der Waals surface area (Å²) in [6.07, 6.45) is 6.17. The summed E-state index contributed by atoms with van der Waals surface area (Å²) < 4.78 is 5.27. The molecule has 0 radical (unpaired) electrons. The van der Waals surface area contributed by atoms with Gasteiger partial charge in [-0.1, -0.05) is 29.9 Å². The van der Waals surface area contributed by atoms with E-state index < -0.39 is 35.5 Å². The topological polar surface area (TPSA) is 138 Å². The van der Waals surface area contributed by atoms with Crippen LogP contribution in [0.2, 0.25) is 0 Å². The van der Waals surface area contributed by atoms with Gasteiger partial charge in [-0.3, -0.25) is 38.6 Å². The van der Waals surface area contributed by atoms with Crippen LogP contribution in [0.5, 0.6) is 11.5 Å². The van der Waals surface area contributed by atoms with Crippen LogP contribution in [0, 0.1) is 35.5 Å². The lowest BCUT2D eigenvalue weighted by atomic mass is 9.58. The van der Waals surface area contributed by atoms with Gasteiger partial charge in [-0.05, 0) is 98.8 Å². The van der Waals surface area contributed by atoms with Crippen LogP contribution in [-0.4, -0.2) is 47.4 Å². The Hall–Kier alpha value is -5.64. The Morgan fingerprint density at radius 1 is 0.735 bits per heavy atom. The zero-order valence-electron chi connectivity index (χ0n) is 27.2. The maximum absolute atomic E-state index is 14.2. The summed E-state index contributed by atoms with van der Waals surface area (Å²) in [4.78, 5) is 82.5. The minimum Gasteiger partial charge on any atom is -0.504 e. The maximum Gasteiger partial charge on any atom is 0.238 e. The van der Waals surface area contributed by atoms with Crippen molar-refractivity contribution in [1.29, 1.82) is 0 Å². The van der Waals surface area contributed by atoms with Gasteiger partial charge < -0.3 is 9.84 Å². The number of aromatic hydroxyl groups is 1. The molecule has 3 fully saturated rings. The zero-order valence-corrected chi connectivity index (χ0v) is 27.2. The van der Waals surface area contributed by atoms with E-state index in [-0.39, 0.29) is 53.1 Å². The quantitative estimate of drug-likeness (QED) is 0.203. The lowest BCUT2D eigenvalue weighted by Crippen LogP contribution is -2.43. The van der Waals surface area contributed by atoms with Crippen molar-refractivity contribution in [2.45, 2.75) is 26.7 Å². The number of ether oxygens (including phenoxy) is 1. The second-order valence-corrected chi connectivity index (χ2v) is 13.1. The fraction of sp³-hybridized carbons (Fsp3) is 0.282. The summed E-state index contributed by atoms with van der Waals surface area (Å²) in [5, 5.41) is 10.1. The Bertz CT molecular complexity index is 1990. The SMILES string of the molecule is COc1cc(C=C[C@H]2C3=CC[C@@H]4C(=O)N(c5ccc(C(C)=O)cc5)C(=O)[C@@H]4[C@@H]3C[C@H]3C(=O)N(c4ccc(C(C)=O)cc4)C(=O)[C@@H]23)ccc1O. The molecule has 248 valence electrons. The first-order chi connectivity index (χ1) is 23.5. The first-order valence-corrected chi connectivity index (χ1v) is 16.2. The maximum atomic E-state index is 14.2. The van der Waals surface area contributed by atoms with Crippen LogP contribution < -0.4 is 14.5 Å². The normalized spacial score (nSPS) is 26.1. The van der Waals surface area contributed by atoms with E-state index in [0.717, 1.165) is 5.57 Å². The molecule has 6 atom stereocenters. The van der Waals surface area contributed by atoms with Crippen molar-refractivity contribution >= 4 is 52.6 Å². The Labute approximate surface area is 282 Å². The van der Waals surface area contributed by atoms with Crippen LogP contribution in [-0.2, 0) is 19.2 Å². The van der Waals surface area contributed by atoms with Crippen LogP contribution >= 0.6 is 0 Å². The monoisotopic (exact) mass is 658 g/mol. The lowest BCUT2D eigenvalue weighted by Gasteiger charge is -2.42. The number of allylic oxidation sites excluding steroid dienone is 3. The van der Waals surface area contributed by atoms with Crippen LogP contribution in [0.15, 0.2) is 84.5 Å². The molecule has 7 rings (SSSR count). The molecular formula is C39H34N2O8. The van der Waals surface area contributed by atoms with Gasteiger partial charge in [-0.2, -0.15) is 0 Å². The minimum absolute atomic E-state index is 0.0219. The highest BCUT2D eigenvalue weighted by Gasteiger charge is 2.61. The number of hydrogen-bond acceptors (Lipinski definition) is 8. The number of fused-ring (bicyclic) bond motifs is 4. The molecule has 0 unspecified atom stereocenters. The molecule has 2 saturated heterocycles. The number of benzene rings is 3. The van der Waals surface area contributed by atoms with Crippen molar-refractivity contribution in [3.8, 4) is 11.5 Å². The van der Waals surface area contributed by atoms with Gasteiger partial charge >= 0.3 is 0 Å². The predicted molar refractivity (Wildman–Crippen MR) is 180 cm³/mol. The molecular weight excluding hydrogens is 624 g/mol. The average Bonchev–Trinajstić information content (AvgIpc) is 3.50. The third-order valence-corrected chi connectivity index (χ3v) is 10.5. The molecule has 2 aliphatic heterocycles. The third kappa shape index (κ3) is 5.18. The average molecular weight is 659 g/mol. The number of carbonyl (C=O) groups excluding carboxylic acids is 6. The Balaban J connectivity index is 1.28. The predicted octanol–water partition coefficient (Wildman–Crippen LogP) is 5.40. The largest absolute Gasteiger partial charge is 0.504 e. The van der Waals surface area contributed by atoms with Crippen molar-refractivity contribution in [2.75, 3.05) is 16.9 Å². The van der Waals surface area contributed by atoms with Crippen molar-refractivity contribution in [1.82, 2.24) is 0 Å². The molecule has 10 heteroatoms. The standard InChI is InChI=1S/C39H34N2O8/c1-20(42)23-6-10-25(11-7-23)40-36(45)29-16-15-27-28(14-4-22-5-17-32(44)33(18-22)49-3)34-31(19-30(27)35(29)39(40)48)37(46)41(38(34)47)26-12-8-24(9-13-26)21(2)43/h4-15,17-18,28-31,34-35,44H,16,19H2,1-3H3/t28-,29-,30+,31+,34-,35-/m0/s1. The van der Waals surface area contributed by atoms with Gasteiger partial charge in [0.25, 0.3) is 0 Å². The summed E-state index contributed by atoms with van der Waals surface area (Å²) in [6.45, 7) is 2.88. The highest BCUT2D eigenvalue weighted by Crippen LogP contribution is 2.56. The molecule has 49 heavy (non-hydrogen) atoms. The number of carbonyl (C=O) groups is 6. The van der Waals surface area contributed by atoms with Gasteiger partial charge in [0.2, 0.25) is 23.6 Å². The van der Waals surface area contributed by atoms with Gasteiger partial charge in [0.1, 0.15) is 0 Å². The van der Waals surface area contributed by atoms with Crippen LogP contribution in [0.25, 0.3) is 6.08 Å². The molecule has 0 spiro atoms. The first kappa shape index (κ1) is 31.9. The summed E-state index contributed by atoms with van der Waals surface area (Å²) >= 11 is 0. The number of Topliss-reactive ketones (excluding diaryl/α,β-unsaturated/α-hetero) is 2. The van der Waals surface area contributed by atoms with E-state index in [2.05, 4.69) is 0 Å². The number of imide groups is 2. The number of phenols is 1. The van der Waals surface area contributed by atoms with E-state index in [1.807, 2.05) is 18.2 Å². The van der Waals surface area contributed by atoms with E-state index in [1.165, 1.54) is 36.8 Å². The zero-order chi connectivity index (χ0) is 34.7. The molecule has 3 aromatic rings. The number of rotatable bonds is 7. The van der Waals surface area contributed by atoms with E-state index in [1.54, 1.807) is 60.7 Å². The Kier molecular flexibility index (Phi) is 7.89. The Morgan fingerprint density at radius 3 is 1.84 bits per heavy atom. The van der Waals surface area contributed by atoms with Crippen molar-refractivity contribution < 1.29 is 38.6 Å². The number of anilines is 2. The minimum atomic E-state index is -0.753. The molecule has 4 aliphatic rings. The van der Waals surface area contributed by atoms with Crippen LogP contribution in [0.3, 0.4) is 0 Å². The van der Waals surface area contributed by atoms with Crippen molar-refractivity contribution in [2.24, 2.45) is 35.5 Å². The summed E-state index contributed by atoms with van der Waals surface area (Å²) in [6, 6.07) is 17.6. The molecule has 2 heterocycles. The molecule has 1 saturated carbocycles. The highest BCUT2D eigenvalue weighted by atomic mass is 16.5. The number of methoxy groups -OCH3 is 1. The lowest BCUT2D eigenvalue weighted by molar-refractivity contribution is -0.126. The summed E-state index contributed by atoms with van der Waals surface area (Å²) in [7, 11) is 1.45. The second kappa shape index (κ2) is 12.1. The van der Waals surface area contributed by atoms with E-state index in [9.17, 15) is 33.9 Å². The fourth-order valence-electron chi connectivity index (χ4n) is 8.06. The number of hydrogen-bond donors (Lipinski definition) is 1. The van der Waals surface area contributed by atoms with Gasteiger partial charge in [-0.15, -0.1) is 0 Å². The van der Waals surface area contributed by atoms with E-state index in [4.69, 9.17) is 4.74 Å². The first-order valence-electron chi connectivity index (χ1n) is 16.2. The number of amides is 4. The summed E-state index contributed by atoms with van der Waals surface area (Å²) in [5.41, 5.74) is 3.21. The van der Waals surface area contributed by atoms with E-state index >= 15 is 0 Å². The molecule has 0 aromatic heterocycles. The second-order valence-electron chi connectivity index (χ2n) is 13.1. The van der Waals surface area contributed by atoms with Gasteiger partial charge in [0, 0.05) is 17.0 Å². The summed E-state index contributed by atoms with van der Waals surface area (Å²) in [5.74, 6) is -5.35.